The Bertz CT molecular complexity index is 358. The van der Waals surface area contributed by atoms with Crippen LogP contribution >= 0.6 is 0 Å². The highest BCUT2D eigenvalue weighted by Crippen LogP contribution is 2.15. The van der Waals surface area contributed by atoms with Crippen molar-refractivity contribution in [2.24, 2.45) is 5.16 Å². The molecular weight excluding hydrogens is 258 g/mol. The lowest BCUT2D eigenvalue weighted by molar-refractivity contribution is 0.315. The van der Waals surface area contributed by atoms with E-state index in [1.54, 1.807) is 0 Å². The van der Waals surface area contributed by atoms with E-state index in [2.05, 4.69) is 24.2 Å². The van der Waals surface area contributed by atoms with Crippen molar-refractivity contribution in [3.8, 4) is 0 Å². The summed E-state index contributed by atoms with van der Waals surface area (Å²) < 4.78 is 0. The van der Waals surface area contributed by atoms with Crippen LogP contribution in [0.5, 0.6) is 0 Å². The van der Waals surface area contributed by atoms with Gasteiger partial charge in [-0.15, -0.1) is 0 Å². The van der Waals surface area contributed by atoms with Crippen LogP contribution in [0.4, 0.5) is 0 Å². The summed E-state index contributed by atoms with van der Waals surface area (Å²) in [7, 11) is 0. The molecule has 1 aliphatic rings. The van der Waals surface area contributed by atoms with Crippen LogP contribution in [0, 0.1) is 6.92 Å². The van der Waals surface area contributed by atoms with Gasteiger partial charge in [0.2, 0.25) is 0 Å². The van der Waals surface area contributed by atoms with E-state index < -0.39 is 0 Å². The van der Waals surface area contributed by atoms with Crippen molar-refractivity contribution in [3.63, 3.8) is 0 Å². The molecule has 1 fully saturated rings. The normalized spacial score (nSPS) is 17.7. The van der Waals surface area contributed by atoms with E-state index in [4.69, 9.17) is 5.21 Å². The third-order valence-electron chi connectivity index (χ3n) is 4.01. The summed E-state index contributed by atoms with van der Waals surface area (Å²) in [6.45, 7) is 2.08. The van der Waals surface area contributed by atoms with E-state index in [0.717, 1.165) is 18.6 Å². The Morgan fingerprint density at radius 1 is 0.714 bits per heavy atom. The van der Waals surface area contributed by atoms with Crippen LogP contribution in [-0.2, 0) is 0 Å². The fourth-order valence-corrected chi connectivity index (χ4v) is 2.65. The highest BCUT2D eigenvalue weighted by atomic mass is 16.4. The van der Waals surface area contributed by atoms with Gasteiger partial charge < -0.3 is 5.21 Å². The number of hydrogen-bond acceptors (Lipinski definition) is 2. The monoisotopic (exact) mass is 289 g/mol. The largest absolute Gasteiger partial charge is 0.411 e. The predicted octanol–water partition coefficient (Wildman–Crippen LogP) is 6.12. The fraction of sp³-hybridized carbons (Fsp3) is 0.632. The van der Waals surface area contributed by atoms with Crippen molar-refractivity contribution in [2.75, 3.05) is 0 Å². The summed E-state index contributed by atoms with van der Waals surface area (Å²) in [6, 6.07) is 10.3. The van der Waals surface area contributed by atoms with Crippen LogP contribution in [0.25, 0.3) is 0 Å². The molecule has 0 spiro atoms. The molecule has 2 heteroatoms. The Labute approximate surface area is 130 Å². The van der Waals surface area contributed by atoms with Gasteiger partial charge in [-0.25, -0.2) is 0 Å². The van der Waals surface area contributed by atoms with Crippen LogP contribution in [0.2, 0.25) is 0 Å². The lowest BCUT2D eigenvalue weighted by Gasteiger charge is -2.07. The first-order valence-electron chi connectivity index (χ1n) is 8.54. The van der Waals surface area contributed by atoms with Crippen LogP contribution < -0.4 is 0 Å². The molecule has 0 radical (unpaired) electrons. The molecule has 1 aromatic rings. The van der Waals surface area contributed by atoms with Crippen molar-refractivity contribution in [1.29, 1.82) is 0 Å². The van der Waals surface area contributed by atoms with Gasteiger partial charge in [-0.2, -0.15) is 0 Å². The van der Waals surface area contributed by atoms with Gasteiger partial charge in [0.15, 0.2) is 0 Å². The second-order valence-electron chi connectivity index (χ2n) is 6.00. The molecule has 0 bridgehead atoms. The minimum Gasteiger partial charge on any atom is -0.411 e. The molecule has 1 aliphatic carbocycles. The van der Waals surface area contributed by atoms with Gasteiger partial charge in [0.1, 0.15) is 0 Å². The maximum absolute atomic E-state index is 8.78. The zero-order valence-electron chi connectivity index (χ0n) is 13.6. The summed E-state index contributed by atoms with van der Waals surface area (Å²) in [5, 5.41) is 12.2. The number of benzene rings is 1. The Kier molecular flexibility index (Phi) is 10.5. The van der Waals surface area contributed by atoms with E-state index in [9.17, 15) is 0 Å². The minimum absolute atomic E-state index is 1.01. The zero-order valence-corrected chi connectivity index (χ0v) is 13.6. The maximum atomic E-state index is 8.78. The second kappa shape index (κ2) is 12.4. The number of aryl methyl sites for hydroxylation is 1. The van der Waals surface area contributed by atoms with Crippen LogP contribution in [0.3, 0.4) is 0 Å². The van der Waals surface area contributed by atoms with E-state index >= 15 is 0 Å². The van der Waals surface area contributed by atoms with Crippen molar-refractivity contribution < 1.29 is 5.21 Å². The Morgan fingerprint density at radius 2 is 1.14 bits per heavy atom. The highest BCUT2D eigenvalue weighted by molar-refractivity contribution is 5.83. The zero-order chi connectivity index (χ0) is 15.2. The first-order valence-corrected chi connectivity index (χ1v) is 8.54. The molecule has 1 aromatic carbocycles. The van der Waals surface area contributed by atoms with Gasteiger partial charge in [-0.1, -0.05) is 86.0 Å². The van der Waals surface area contributed by atoms with Crippen molar-refractivity contribution in [1.82, 2.24) is 0 Å². The number of rotatable bonds is 0. The quantitative estimate of drug-likeness (QED) is 0.453. The summed E-state index contributed by atoms with van der Waals surface area (Å²) in [4.78, 5) is 0. The smallest absolute Gasteiger partial charge is 0.0570 e. The van der Waals surface area contributed by atoms with Gasteiger partial charge >= 0.3 is 0 Å². The minimum atomic E-state index is 1.01. The van der Waals surface area contributed by atoms with E-state index in [1.807, 2.05) is 18.2 Å². The summed E-state index contributed by atoms with van der Waals surface area (Å²) >= 11 is 0. The summed E-state index contributed by atoms with van der Waals surface area (Å²) in [5.74, 6) is 0. The molecule has 1 saturated carbocycles. The summed E-state index contributed by atoms with van der Waals surface area (Å²) in [6.07, 6.45) is 14.0. The van der Waals surface area contributed by atoms with E-state index in [1.165, 1.54) is 63.4 Å². The van der Waals surface area contributed by atoms with Crippen molar-refractivity contribution >= 4 is 5.71 Å². The average molecular weight is 289 g/mol. The van der Waals surface area contributed by atoms with Crippen LogP contribution in [-0.4, -0.2) is 10.9 Å². The molecule has 2 nitrogen and oxygen atoms in total. The highest BCUT2D eigenvalue weighted by Gasteiger charge is 2.02. The standard InChI is InChI=1S/C12H23NO.C7H8/c14-13-12-10-8-6-4-2-1-3-5-7-9-11-12;1-7-5-3-2-4-6-7/h14H,1-11H2;2-6H,1H3. The molecule has 0 unspecified atom stereocenters. The predicted molar refractivity (Wildman–Crippen MR) is 91.2 cm³/mol. The van der Waals surface area contributed by atoms with Crippen LogP contribution in [0.1, 0.15) is 76.2 Å². The number of hydrogen-bond donors (Lipinski definition) is 1. The average Bonchev–Trinajstić information content (AvgIpc) is 2.49. The van der Waals surface area contributed by atoms with Gasteiger partial charge in [-0.3, -0.25) is 0 Å². The number of nitrogens with zero attached hydrogens (tertiary/aromatic N) is 1. The van der Waals surface area contributed by atoms with Crippen LogP contribution in [0.15, 0.2) is 35.5 Å². The molecule has 118 valence electrons. The second-order valence-corrected chi connectivity index (χ2v) is 6.00. The van der Waals surface area contributed by atoms with Gasteiger partial charge in [0.25, 0.3) is 0 Å². The van der Waals surface area contributed by atoms with Gasteiger partial charge in [0.05, 0.1) is 5.71 Å². The lowest BCUT2D eigenvalue weighted by atomic mass is 10.00. The Morgan fingerprint density at radius 3 is 1.48 bits per heavy atom. The maximum Gasteiger partial charge on any atom is 0.0570 e. The molecular formula is C19H31NO. The number of oxime groups is 1. The molecule has 0 saturated heterocycles. The van der Waals surface area contributed by atoms with E-state index in [-0.39, 0.29) is 0 Å². The Hall–Kier alpha value is -1.31. The van der Waals surface area contributed by atoms with E-state index in [0.29, 0.717) is 0 Å². The topological polar surface area (TPSA) is 32.6 Å². The molecule has 0 amide bonds. The van der Waals surface area contributed by atoms with Crippen molar-refractivity contribution in [2.45, 2.75) is 77.6 Å². The first-order chi connectivity index (χ1) is 10.3. The molecule has 0 atom stereocenters. The van der Waals surface area contributed by atoms with Gasteiger partial charge in [0, 0.05) is 0 Å². The SMILES string of the molecule is Cc1ccccc1.ON=C1CCCCCCCCCCC1. The molecule has 0 heterocycles. The first kappa shape index (κ1) is 17.7. The Balaban J connectivity index is 0.000000262. The molecule has 0 aromatic heterocycles. The molecule has 0 aliphatic heterocycles. The lowest BCUT2D eigenvalue weighted by Crippen LogP contribution is -1.99. The third-order valence-corrected chi connectivity index (χ3v) is 4.01. The molecule has 21 heavy (non-hydrogen) atoms. The third kappa shape index (κ3) is 10.1. The molecule has 1 N–H and O–H groups in total. The van der Waals surface area contributed by atoms with Gasteiger partial charge in [-0.05, 0) is 32.6 Å². The fourth-order valence-electron chi connectivity index (χ4n) is 2.65. The molecule has 2 rings (SSSR count). The summed E-state index contributed by atoms with van der Waals surface area (Å²) in [5.41, 5.74) is 2.34. The van der Waals surface area contributed by atoms with Crippen molar-refractivity contribution in [3.05, 3.63) is 35.9 Å².